The number of piperidine rings is 1. The summed E-state index contributed by atoms with van der Waals surface area (Å²) in [7, 11) is 1.65. The van der Waals surface area contributed by atoms with E-state index in [-0.39, 0.29) is 31.6 Å². The lowest BCUT2D eigenvalue weighted by Crippen LogP contribution is -2.62. The number of hydrogen-bond acceptors (Lipinski definition) is 9. The van der Waals surface area contributed by atoms with Crippen LogP contribution >= 0.6 is 0 Å². The molecule has 54 heavy (non-hydrogen) atoms. The van der Waals surface area contributed by atoms with Crippen molar-refractivity contribution in [1.29, 1.82) is 0 Å². The first-order valence-corrected chi connectivity index (χ1v) is 21.1. The molecule has 14 nitrogen and oxygen atoms in total. The van der Waals surface area contributed by atoms with E-state index in [0.29, 0.717) is 31.8 Å². The lowest BCUT2D eigenvalue weighted by Gasteiger charge is -2.34. The second kappa shape index (κ2) is 24.7. The lowest BCUT2D eigenvalue weighted by molar-refractivity contribution is -0.147. The van der Waals surface area contributed by atoms with Crippen LogP contribution in [0.5, 0.6) is 0 Å². The Bertz CT molecular complexity index is 1160. The van der Waals surface area contributed by atoms with Crippen LogP contribution in [0.3, 0.4) is 0 Å². The fourth-order valence-electron chi connectivity index (χ4n) is 7.95. The van der Waals surface area contributed by atoms with Gasteiger partial charge >= 0.3 is 0 Å². The molecule has 7 atom stereocenters. The first kappa shape index (κ1) is 45.6. The number of unbranched alkanes of at least 4 members (excludes halogenated alkanes) is 3. The van der Waals surface area contributed by atoms with Crippen molar-refractivity contribution in [3.8, 4) is 0 Å². The fourth-order valence-corrected chi connectivity index (χ4v) is 7.95. The molecule has 2 heterocycles. The van der Waals surface area contributed by atoms with Gasteiger partial charge in [-0.1, -0.05) is 78.6 Å². The molecule has 0 bridgehead atoms. The average Bonchev–Trinajstić information content (AvgIpc) is 3.46. The molecule has 1 saturated carbocycles. The second-order valence-electron chi connectivity index (χ2n) is 16.0. The molecule has 3 fully saturated rings. The minimum atomic E-state index is -1.16. The third kappa shape index (κ3) is 14.7. The first-order chi connectivity index (χ1) is 26.0. The van der Waals surface area contributed by atoms with Crippen molar-refractivity contribution in [1.82, 2.24) is 31.5 Å². The number of nitrogens with one attached hydrogen (secondary N) is 5. The van der Waals surface area contributed by atoms with Crippen LogP contribution in [0.2, 0.25) is 0 Å². The highest BCUT2D eigenvalue weighted by atomic mass is 16.5. The molecule has 0 aromatic heterocycles. The van der Waals surface area contributed by atoms with Gasteiger partial charge in [-0.2, -0.15) is 0 Å². The van der Waals surface area contributed by atoms with E-state index in [0.717, 1.165) is 90.1 Å². The monoisotopic (exact) mass is 764 g/mol. The van der Waals surface area contributed by atoms with E-state index in [1.807, 2.05) is 20.8 Å². The molecular weight excluding hydrogens is 690 g/mol. The van der Waals surface area contributed by atoms with Crippen LogP contribution < -0.4 is 32.3 Å². The molecule has 5 amide bonds. The summed E-state index contributed by atoms with van der Waals surface area (Å²) in [6.07, 6.45) is 12.7. The molecule has 2 saturated heterocycles. The molecule has 3 aliphatic rings. The van der Waals surface area contributed by atoms with Gasteiger partial charge in [-0.05, 0) is 70.4 Å². The summed E-state index contributed by atoms with van der Waals surface area (Å²) in [6.45, 7) is 9.92. The summed E-state index contributed by atoms with van der Waals surface area (Å²) in [5.41, 5.74) is 6.08. The number of nitrogens with two attached hydrogens (primary N) is 1. The van der Waals surface area contributed by atoms with Gasteiger partial charge in [-0.15, -0.1) is 0 Å². The molecule has 14 heteroatoms. The van der Waals surface area contributed by atoms with Crippen molar-refractivity contribution in [3.05, 3.63) is 0 Å². The van der Waals surface area contributed by atoms with E-state index >= 15 is 0 Å². The van der Waals surface area contributed by atoms with Crippen LogP contribution in [0.15, 0.2) is 0 Å². The molecule has 310 valence electrons. The molecule has 0 spiro atoms. The van der Waals surface area contributed by atoms with Crippen LogP contribution in [0.25, 0.3) is 0 Å². The van der Waals surface area contributed by atoms with Crippen LogP contribution in [0, 0.1) is 17.8 Å². The van der Waals surface area contributed by atoms with Crippen molar-refractivity contribution in [2.75, 3.05) is 46.5 Å². The highest BCUT2D eigenvalue weighted by Gasteiger charge is 2.38. The summed E-state index contributed by atoms with van der Waals surface area (Å²) in [4.78, 5) is 71.5. The Hall–Kier alpha value is -2.81. The quantitative estimate of drug-likeness (QED) is 0.121. The highest BCUT2D eigenvalue weighted by molar-refractivity contribution is 5.96. The van der Waals surface area contributed by atoms with Crippen LogP contribution in [-0.4, -0.2) is 117 Å². The average molecular weight is 764 g/mol. The molecule has 0 unspecified atom stereocenters. The minimum absolute atomic E-state index is 0.0577. The zero-order valence-electron chi connectivity index (χ0n) is 33.9. The van der Waals surface area contributed by atoms with Gasteiger partial charge in [0.05, 0.1) is 25.2 Å². The van der Waals surface area contributed by atoms with Gasteiger partial charge in [-0.3, -0.25) is 24.0 Å². The molecule has 0 aromatic carbocycles. The molecule has 3 rings (SSSR count). The van der Waals surface area contributed by atoms with Gasteiger partial charge in [0.25, 0.3) is 0 Å². The van der Waals surface area contributed by atoms with Gasteiger partial charge in [-0.25, -0.2) is 0 Å². The largest absolute Gasteiger partial charge is 0.378 e. The van der Waals surface area contributed by atoms with Crippen molar-refractivity contribution in [2.45, 2.75) is 160 Å². The van der Waals surface area contributed by atoms with Gasteiger partial charge < -0.3 is 46.7 Å². The maximum atomic E-state index is 14.2. The lowest BCUT2D eigenvalue weighted by atomic mass is 9.90. The maximum absolute atomic E-state index is 14.2. The minimum Gasteiger partial charge on any atom is -0.378 e. The van der Waals surface area contributed by atoms with Crippen molar-refractivity contribution in [3.63, 3.8) is 0 Å². The predicted octanol–water partition coefficient (Wildman–Crippen LogP) is 2.52. The fraction of sp³-hybridized carbons (Fsp3) is 0.875. The van der Waals surface area contributed by atoms with E-state index in [1.54, 1.807) is 7.05 Å². The number of ether oxygens (including phenoxy) is 2. The number of hydrogen-bond donors (Lipinski definition) is 6. The van der Waals surface area contributed by atoms with Crippen LogP contribution in [0.1, 0.15) is 124 Å². The summed E-state index contributed by atoms with van der Waals surface area (Å²) >= 11 is 0. The number of amides is 5. The van der Waals surface area contributed by atoms with Gasteiger partial charge in [0, 0.05) is 26.2 Å². The Morgan fingerprint density at radius 1 is 0.741 bits per heavy atom. The number of rotatable bonds is 13. The molecule has 0 radical (unpaired) electrons. The maximum Gasteiger partial charge on any atom is 0.245 e. The van der Waals surface area contributed by atoms with Gasteiger partial charge in [0.15, 0.2) is 0 Å². The standard InChI is InChI=1S/C40H73N7O7/c1-6-8-9-14-18-34-28(4)40(52)47(5)33(15-7-2)38(50)46-35(30-16-12-10-11-13-17-30)39(51)44-31(23-41)36(48)45-32(37(49)43-27(3)24-54-34)26-53-25-29-19-21-42-22-20-29/h27-35,42H,6-26,41H2,1-5H3,(H,43,49)(H,44,51)(H,45,48)(H,46,50)/t27-,28-,31+,32+,33+,34-,35+/m1/s1. The summed E-state index contributed by atoms with van der Waals surface area (Å²) < 4.78 is 12.4. The topological polar surface area (TPSA) is 193 Å². The van der Waals surface area contributed by atoms with E-state index in [9.17, 15) is 24.0 Å². The second-order valence-corrected chi connectivity index (χ2v) is 16.0. The van der Waals surface area contributed by atoms with E-state index in [4.69, 9.17) is 15.2 Å². The van der Waals surface area contributed by atoms with Crippen molar-refractivity contribution < 1.29 is 33.4 Å². The molecule has 2 aliphatic heterocycles. The zero-order valence-corrected chi connectivity index (χ0v) is 33.9. The summed E-state index contributed by atoms with van der Waals surface area (Å²) in [5.74, 6) is -2.53. The Kier molecular flexibility index (Phi) is 20.8. The smallest absolute Gasteiger partial charge is 0.245 e. The van der Waals surface area contributed by atoms with Crippen molar-refractivity contribution >= 4 is 29.5 Å². The molecule has 7 N–H and O–H groups in total. The third-order valence-electron chi connectivity index (χ3n) is 11.5. The Balaban J connectivity index is 1.96. The van der Waals surface area contributed by atoms with E-state index < -0.39 is 65.9 Å². The number of carbonyl (C=O) groups excluding carboxylic acids is 5. The normalized spacial score (nSPS) is 29.9. The highest BCUT2D eigenvalue weighted by Crippen LogP contribution is 2.27. The zero-order chi connectivity index (χ0) is 39.5. The summed E-state index contributed by atoms with van der Waals surface area (Å²) in [5, 5.41) is 15.0. The third-order valence-corrected chi connectivity index (χ3v) is 11.5. The Morgan fingerprint density at radius 2 is 1.41 bits per heavy atom. The van der Waals surface area contributed by atoms with Crippen LogP contribution in [0.4, 0.5) is 0 Å². The predicted molar refractivity (Wildman–Crippen MR) is 209 cm³/mol. The first-order valence-electron chi connectivity index (χ1n) is 21.1. The number of nitrogens with zero attached hydrogens (tertiary/aromatic N) is 1. The molecular formula is C40H73N7O7. The van der Waals surface area contributed by atoms with E-state index in [2.05, 4.69) is 33.5 Å². The van der Waals surface area contributed by atoms with Crippen LogP contribution in [-0.2, 0) is 33.4 Å². The molecule has 1 aliphatic carbocycles. The van der Waals surface area contributed by atoms with Gasteiger partial charge in [0.1, 0.15) is 24.2 Å². The Labute approximate surface area is 324 Å². The SMILES string of the molecule is CCCCCC[C@H]1OC[C@@H](C)NC(=O)[C@H](COCC2CCNCC2)NC(=O)[C@H](CN)NC(=O)[C@H](C2CCCCCC2)NC(=O)[C@H](CCC)N(C)C(=O)[C@@H]1C. The van der Waals surface area contributed by atoms with E-state index in [1.165, 1.54) is 4.90 Å². The van der Waals surface area contributed by atoms with Crippen molar-refractivity contribution in [2.24, 2.45) is 23.5 Å². The Morgan fingerprint density at radius 3 is 2.06 bits per heavy atom. The van der Waals surface area contributed by atoms with Gasteiger partial charge in [0.2, 0.25) is 29.5 Å². The number of carbonyl (C=O) groups is 5. The number of likely N-dealkylation sites (N-methyl/N-ethyl adjacent to an activating group) is 1. The summed E-state index contributed by atoms with van der Waals surface area (Å²) in [6, 6.07) is -4.39. The molecule has 0 aromatic rings.